The molecule has 0 aliphatic carbocycles. The Kier molecular flexibility index (Phi) is 25.4. The number of carbonyl (C=O) groups excluding carboxylic acids is 1. The summed E-state index contributed by atoms with van der Waals surface area (Å²) in [5.41, 5.74) is 5.40. The molecular formula is C20H46N6O4. The van der Waals surface area contributed by atoms with Gasteiger partial charge in [-0.25, -0.2) is 0 Å². The highest BCUT2D eigenvalue weighted by Gasteiger charge is 2.00. The van der Waals surface area contributed by atoms with Gasteiger partial charge in [-0.15, -0.1) is 0 Å². The van der Waals surface area contributed by atoms with E-state index in [0.717, 1.165) is 65.2 Å². The molecule has 10 heteroatoms. The number of hydrogen-bond acceptors (Lipinski definition) is 9. The van der Waals surface area contributed by atoms with Crippen LogP contribution in [0.1, 0.15) is 19.3 Å². The van der Waals surface area contributed by atoms with E-state index in [1.54, 1.807) is 7.11 Å². The van der Waals surface area contributed by atoms with Gasteiger partial charge in [0.05, 0.1) is 26.4 Å². The Hall–Kier alpha value is -0.850. The van der Waals surface area contributed by atoms with Gasteiger partial charge in [-0.2, -0.15) is 0 Å². The second-order valence-corrected chi connectivity index (χ2v) is 6.81. The van der Waals surface area contributed by atoms with Crippen LogP contribution in [0.25, 0.3) is 0 Å². The zero-order valence-corrected chi connectivity index (χ0v) is 18.9. The smallest absolute Gasteiger partial charge is 0.220 e. The molecule has 0 rings (SSSR count). The first kappa shape index (κ1) is 29.1. The highest BCUT2D eigenvalue weighted by Crippen LogP contribution is 1.96. The molecule has 0 aliphatic heterocycles. The number of methoxy groups -OCH3 is 1. The fourth-order valence-electron chi connectivity index (χ4n) is 2.47. The Balaban J connectivity index is 3.13. The van der Waals surface area contributed by atoms with Crippen molar-refractivity contribution in [2.45, 2.75) is 19.3 Å². The number of rotatable bonds is 25. The third kappa shape index (κ3) is 25.2. The summed E-state index contributed by atoms with van der Waals surface area (Å²) in [6.07, 6.45) is 2.27. The first-order valence-electron chi connectivity index (χ1n) is 11.2. The standard InChI is InChI=1S/C20H46N6O4/c1-28-16-17-30-19-18-29-15-3-2-4-20(27)26-14-13-25-12-11-24-10-9-23-8-7-22-6-5-21/h22-25H,2-19,21H2,1H3,(H,26,27). The molecule has 0 fully saturated rings. The lowest BCUT2D eigenvalue weighted by Gasteiger charge is -2.09. The molecule has 0 spiro atoms. The van der Waals surface area contributed by atoms with Crippen LogP contribution < -0.4 is 32.3 Å². The first-order chi connectivity index (χ1) is 14.8. The maximum Gasteiger partial charge on any atom is 0.220 e. The second kappa shape index (κ2) is 26.2. The number of ether oxygens (including phenoxy) is 3. The van der Waals surface area contributed by atoms with E-state index in [-0.39, 0.29) is 5.91 Å². The van der Waals surface area contributed by atoms with Gasteiger partial charge in [0.25, 0.3) is 0 Å². The fourth-order valence-corrected chi connectivity index (χ4v) is 2.47. The zero-order valence-electron chi connectivity index (χ0n) is 18.9. The van der Waals surface area contributed by atoms with E-state index < -0.39 is 0 Å². The summed E-state index contributed by atoms with van der Waals surface area (Å²) in [4.78, 5) is 11.8. The summed E-state index contributed by atoms with van der Waals surface area (Å²) in [6, 6.07) is 0. The molecule has 180 valence electrons. The number of unbranched alkanes of at least 4 members (excludes halogenated alkanes) is 1. The van der Waals surface area contributed by atoms with Gasteiger partial charge < -0.3 is 46.5 Å². The molecule has 0 bridgehead atoms. The minimum absolute atomic E-state index is 0.102. The van der Waals surface area contributed by atoms with Gasteiger partial charge in [0.15, 0.2) is 0 Å². The van der Waals surface area contributed by atoms with Crippen LogP contribution in [0.5, 0.6) is 0 Å². The molecular weight excluding hydrogens is 388 g/mol. The van der Waals surface area contributed by atoms with E-state index in [1.165, 1.54) is 0 Å². The highest BCUT2D eigenvalue weighted by atomic mass is 16.5. The molecule has 10 nitrogen and oxygen atoms in total. The summed E-state index contributed by atoms with van der Waals surface area (Å²) in [6.45, 7) is 11.6. The van der Waals surface area contributed by atoms with Crippen LogP contribution in [-0.4, -0.2) is 111 Å². The molecule has 0 heterocycles. The third-order valence-corrected chi connectivity index (χ3v) is 4.13. The van der Waals surface area contributed by atoms with Crippen molar-refractivity contribution >= 4 is 5.91 Å². The van der Waals surface area contributed by atoms with Gasteiger partial charge in [-0.05, 0) is 12.8 Å². The van der Waals surface area contributed by atoms with Crippen LogP contribution in [0.2, 0.25) is 0 Å². The average molecular weight is 435 g/mol. The van der Waals surface area contributed by atoms with Crippen molar-refractivity contribution in [1.29, 1.82) is 0 Å². The van der Waals surface area contributed by atoms with E-state index in [9.17, 15) is 4.79 Å². The summed E-state index contributed by atoms with van der Waals surface area (Å²) in [5, 5.41) is 16.2. The summed E-state index contributed by atoms with van der Waals surface area (Å²) in [7, 11) is 1.65. The predicted octanol–water partition coefficient (Wildman–Crippen LogP) is -1.73. The molecule has 0 saturated heterocycles. The lowest BCUT2D eigenvalue weighted by atomic mass is 10.2. The van der Waals surface area contributed by atoms with E-state index in [1.807, 2.05) is 0 Å². The van der Waals surface area contributed by atoms with Gasteiger partial charge in [0.1, 0.15) is 0 Å². The number of hydrogen-bond donors (Lipinski definition) is 6. The number of nitrogens with one attached hydrogen (secondary N) is 5. The average Bonchev–Trinajstić information content (AvgIpc) is 2.75. The lowest BCUT2D eigenvalue weighted by Crippen LogP contribution is -2.37. The Labute approximate surface area is 182 Å². The third-order valence-electron chi connectivity index (χ3n) is 4.13. The molecule has 0 aromatic heterocycles. The second-order valence-electron chi connectivity index (χ2n) is 6.81. The maximum atomic E-state index is 11.8. The Bertz CT molecular complexity index is 353. The maximum absolute atomic E-state index is 11.8. The minimum Gasteiger partial charge on any atom is -0.382 e. The molecule has 7 N–H and O–H groups in total. The normalized spacial score (nSPS) is 11.1. The fraction of sp³-hybridized carbons (Fsp3) is 0.950. The van der Waals surface area contributed by atoms with E-state index >= 15 is 0 Å². The summed E-state index contributed by atoms with van der Waals surface area (Å²) in [5.74, 6) is 0.102. The number of carbonyl (C=O) groups is 1. The van der Waals surface area contributed by atoms with Gasteiger partial charge in [0.2, 0.25) is 5.91 Å². The molecule has 30 heavy (non-hydrogen) atoms. The topological polar surface area (TPSA) is 131 Å². The highest BCUT2D eigenvalue weighted by molar-refractivity contribution is 5.75. The lowest BCUT2D eigenvalue weighted by molar-refractivity contribution is -0.121. The summed E-state index contributed by atoms with van der Waals surface area (Å²) < 4.78 is 15.6. The summed E-state index contributed by atoms with van der Waals surface area (Å²) >= 11 is 0. The van der Waals surface area contributed by atoms with Crippen molar-refractivity contribution < 1.29 is 19.0 Å². The molecule has 0 unspecified atom stereocenters. The van der Waals surface area contributed by atoms with Crippen LogP contribution in [0.3, 0.4) is 0 Å². The van der Waals surface area contributed by atoms with Crippen molar-refractivity contribution in [3.63, 3.8) is 0 Å². The van der Waals surface area contributed by atoms with Gasteiger partial charge in [-0.3, -0.25) is 4.79 Å². The Morgan fingerprint density at radius 1 is 0.667 bits per heavy atom. The van der Waals surface area contributed by atoms with Gasteiger partial charge >= 0.3 is 0 Å². The predicted molar refractivity (Wildman–Crippen MR) is 121 cm³/mol. The van der Waals surface area contributed by atoms with Crippen LogP contribution >= 0.6 is 0 Å². The van der Waals surface area contributed by atoms with E-state index in [0.29, 0.717) is 52.5 Å². The van der Waals surface area contributed by atoms with Crippen molar-refractivity contribution in [2.75, 3.05) is 106 Å². The van der Waals surface area contributed by atoms with Crippen molar-refractivity contribution in [1.82, 2.24) is 26.6 Å². The largest absolute Gasteiger partial charge is 0.382 e. The van der Waals surface area contributed by atoms with Crippen LogP contribution in [0.15, 0.2) is 0 Å². The molecule has 0 radical (unpaired) electrons. The molecule has 0 aliphatic rings. The minimum atomic E-state index is 0.102. The molecule has 0 saturated carbocycles. The molecule has 0 atom stereocenters. The van der Waals surface area contributed by atoms with Crippen LogP contribution in [0.4, 0.5) is 0 Å². The number of amides is 1. The van der Waals surface area contributed by atoms with Crippen LogP contribution in [-0.2, 0) is 19.0 Å². The molecule has 1 amide bonds. The van der Waals surface area contributed by atoms with Crippen molar-refractivity contribution in [3.05, 3.63) is 0 Å². The quantitative estimate of drug-likeness (QED) is 0.0928. The number of nitrogens with two attached hydrogens (primary N) is 1. The Morgan fingerprint density at radius 3 is 1.73 bits per heavy atom. The first-order valence-corrected chi connectivity index (χ1v) is 11.2. The van der Waals surface area contributed by atoms with Crippen molar-refractivity contribution in [2.24, 2.45) is 5.73 Å². The molecule has 0 aromatic carbocycles. The van der Waals surface area contributed by atoms with E-state index in [4.69, 9.17) is 19.9 Å². The monoisotopic (exact) mass is 434 g/mol. The van der Waals surface area contributed by atoms with Crippen LogP contribution in [0, 0.1) is 0 Å². The molecule has 0 aromatic rings. The zero-order chi connectivity index (χ0) is 22.0. The van der Waals surface area contributed by atoms with Gasteiger partial charge in [0, 0.05) is 85.6 Å². The SMILES string of the molecule is COCCOCCOCCCCC(=O)NCCNCCNCCNCCNCCN. The van der Waals surface area contributed by atoms with Crippen molar-refractivity contribution in [3.8, 4) is 0 Å². The Morgan fingerprint density at radius 2 is 1.17 bits per heavy atom. The van der Waals surface area contributed by atoms with Gasteiger partial charge in [-0.1, -0.05) is 0 Å². The van der Waals surface area contributed by atoms with E-state index in [2.05, 4.69) is 26.6 Å².